The van der Waals surface area contributed by atoms with E-state index in [0.29, 0.717) is 0 Å². The van der Waals surface area contributed by atoms with Crippen LogP contribution >= 0.6 is 0 Å². The van der Waals surface area contributed by atoms with Crippen molar-refractivity contribution in [2.24, 2.45) is 0 Å². The van der Waals surface area contributed by atoms with E-state index in [1.807, 2.05) is 0 Å². The quantitative estimate of drug-likeness (QED) is 0.164. The highest BCUT2D eigenvalue weighted by molar-refractivity contribution is 6.20. The Morgan fingerprint density at radius 2 is 0.812 bits per heavy atom. The molecule has 2 nitrogen and oxygen atoms in total. The number of benzene rings is 11. The standard InChI is InChI=1S/C62H38N2/c1-2-14-45(15-3-1)63-58-23-9-8-20-51(58)57-37-43(30-35-59(57)63)44-29-31-52-56-32-28-40-12-4-5-17-48(40)62(56)64(60(52)38-44)46-16-10-13-42(36-46)39-24-26-41(27-25-39)47-33-34-55-50-19-7-6-18-49(50)54-22-11-21-53(47)61(54)55/h1-38H. The second-order valence-electron chi connectivity index (χ2n) is 17.2. The maximum absolute atomic E-state index is 2.50. The predicted molar refractivity (Wildman–Crippen MR) is 271 cm³/mol. The monoisotopic (exact) mass is 810 g/mol. The molecule has 64 heavy (non-hydrogen) atoms. The van der Waals surface area contributed by atoms with E-state index in [-0.39, 0.29) is 0 Å². The van der Waals surface area contributed by atoms with Crippen LogP contribution in [-0.2, 0) is 0 Å². The minimum Gasteiger partial charge on any atom is -0.309 e. The molecule has 0 bridgehead atoms. The summed E-state index contributed by atoms with van der Waals surface area (Å²) in [5, 5.41) is 10.1. The predicted octanol–water partition coefficient (Wildman–Crippen LogP) is 16.8. The van der Waals surface area contributed by atoms with Gasteiger partial charge in [-0.15, -0.1) is 0 Å². The van der Waals surface area contributed by atoms with E-state index in [1.165, 1.54) is 126 Å². The van der Waals surface area contributed by atoms with Crippen molar-refractivity contribution in [1.29, 1.82) is 0 Å². The summed E-state index contributed by atoms with van der Waals surface area (Å²) in [5.41, 5.74) is 19.7. The number of para-hydroxylation sites is 2. The van der Waals surface area contributed by atoms with Gasteiger partial charge in [-0.1, -0.05) is 182 Å². The van der Waals surface area contributed by atoms with E-state index in [2.05, 4.69) is 240 Å². The van der Waals surface area contributed by atoms with Crippen molar-refractivity contribution in [3.8, 4) is 67.0 Å². The Labute approximate surface area is 370 Å². The third-order valence-corrected chi connectivity index (χ3v) is 13.9. The molecule has 296 valence electrons. The Balaban J connectivity index is 0.906. The minimum atomic E-state index is 1.14. The number of hydrogen-bond donors (Lipinski definition) is 0. The average Bonchev–Trinajstić information content (AvgIpc) is 4.01. The molecule has 1 aliphatic rings. The summed E-state index contributed by atoms with van der Waals surface area (Å²) in [6.45, 7) is 0. The Kier molecular flexibility index (Phi) is 7.43. The van der Waals surface area contributed by atoms with E-state index in [1.54, 1.807) is 0 Å². The van der Waals surface area contributed by atoms with Gasteiger partial charge in [-0.2, -0.15) is 0 Å². The highest BCUT2D eigenvalue weighted by Crippen LogP contribution is 2.49. The van der Waals surface area contributed by atoms with Gasteiger partial charge in [0.1, 0.15) is 0 Å². The smallest absolute Gasteiger partial charge is 0.0619 e. The molecule has 0 fully saturated rings. The highest BCUT2D eigenvalue weighted by Gasteiger charge is 2.23. The highest BCUT2D eigenvalue weighted by atomic mass is 15.0. The second-order valence-corrected chi connectivity index (χ2v) is 17.2. The molecular formula is C62H38N2. The Bertz CT molecular complexity index is 4020. The van der Waals surface area contributed by atoms with Crippen molar-refractivity contribution in [3.63, 3.8) is 0 Å². The van der Waals surface area contributed by atoms with E-state index in [4.69, 9.17) is 0 Å². The summed E-state index contributed by atoms with van der Waals surface area (Å²) in [6, 6.07) is 85.2. The number of rotatable bonds is 5. The molecule has 0 atom stereocenters. The fraction of sp³-hybridized carbons (Fsp3) is 0. The topological polar surface area (TPSA) is 9.86 Å². The number of fused-ring (bicyclic) bond motifs is 11. The Morgan fingerprint density at radius 3 is 1.69 bits per heavy atom. The zero-order chi connectivity index (χ0) is 41.9. The first-order valence-corrected chi connectivity index (χ1v) is 22.2. The molecule has 0 unspecified atom stereocenters. The van der Waals surface area contributed by atoms with Crippen LogP contribution < -0.4 is 0 Å². The van der Waals surface area contributed by atoms with Crippen molar-refractivity contribution >= 4 is 65.2 Å². The molecule has 13 aromatic rings. The SMILES string of the molecule is c1ccc(-n2c3ccccc3c3cc(-c4ccc5c6ccc7ccccc7c6n(-c6cccc(-c7ccc(-c8ccc9c%10c(cccc8%10)-c8ccccc8-9)cc7)c6)c5c4)ccc32)cc1. The molecule has 11 aromatic carbocycles. The van der Waals surface area contributed by atoms with Crippen LogP contribution in [0.2, 0.25) is 0 Å². The van der Waals surface area contributed by atoms with Gasteiger partial charge >= 0.3 is 0 Å². The maximum Gasteiger partial charge on any atom is 0.0619 e. The molecule has 2 aromatic heterocycles. The fourth-order valence-electron chi connectivity index (χ4n) is 11.0. The summed E-state index contributed by atoms with van der Waals surface area (Å²) >= 11 is 0. The number of aromatic nitrogens is 2. The van der Waals surface area contributed by atoms with Crippen LogP contribution in [0.5, 0.6) is 0 Å². The molecule has 0 aliphatic heterocycles. The lowest BCUT2D eigenvalue weighted by Gasteiger charge is -2.13. The fourth-order valence-corrected chi connectivity index (χ4v) is 11.0. The van der Waals surface area contributed by atoms with Gasteiger partial charge in [0.15, 0.2) is 0 Å². The summed E-state index contributed by atoms with van der Waals surface area (Å²) in [6.07, 6.45) is 0. The van der Waals surface area contributed by atoms with Gasteiger partial charge < -0.3 is 9.13 Å². The molecule has 2 heteroatoms. The lowest BCUT2D eigenvalue weighted by Crippen LogP contribution is -1.95. The summed E-state index contributed by atoms with van der Waals surface area (Å²) in [5.74, 6) is 0. The summed E-state index contributed by atoms with van der Waals surface area (Å²) in [7, 11) is 0. The van der Waals surface area contributed by atoms with Crippen LogP contribution in [0.15, 0.2) is 231 Å². The molecule has 2 heterocycles. The largest absolute Gasteiger partial charge is 0.309 e. The lowest BCUT2D eigenvalue weighted by molar-refractivity contribution is 1.18. The van der Waals surface area contributed by atoms with Gasteiger partial charge in [0, 0.05) is 38.3 Å². The van der Waals surface area contributed by atoms with Gasteiger partial charge in [0.2, 0.25) is 0 Å². The first-order chi connectivity index (χ1) is 31.7. The van der Waals surface area contributed by atoms with Gasteiger partial charge in [-0.05, 0) is 120 Å². The third kappa shape index (κ3) is 5.08. The van der Waals surface area contributed by atoms with Crippen LogP contribution in [0.25, 0.3) is 132 Å². The average molecular weight is 811 g/mol. The molecule has 0 saturated carbocycles. The van der Waals surface area contributed by atoms with Crippen molar-refractivity contribution < 1.29 is 0 Å². The summed E-state index contributed by atoms with van der Waals surface area (Å²) < 4.78 is 4.88. The normalized spacial score (nSPS) is 12.1. The molecule has 0 spiro atoms. The Morgan fingerprint density at radius 1 is 0.234 bits per heavy atom. The van der Waals surface area contributed by atoms with Crippen LogP contribution in [0, 0.1) is 0 Å². The van der Waals surface area contributed by atoms with Crippen LogP contribution in [0.1, 0.15) is 0 Å². The van der Waals surface area contributed by atoms with Gasteiger partial charge in [0.05, 0.1) is 22.1 Å². The number of hydrogen-bond acceptors (Lipinski definition) is 0. The molecule has 14 rings (SSSR count). The molecule has 0 amide bonds. The van der Waals surface area contributed by atoms with Crippen molar-refractivity contribution in [3.05, 3.63) is 231 Å². The maximum atomic E-state index is 2.50. The van der Waals surface area contributed by atoms with Crippen LogP contribution in [0.4, 0.5) is 0 Å². The first-order valence-electron chi connectivity index (χ1n) is 22.2. The molecule has 0 N–H and O–H groups in total. The van der Waals surface area contributed by atoms with Crippen molar-refractivity contribution in [2.75, 3.05) is 0 Å². The van der Waals surface area contributed by atoms with Crippen molar-refractivity contribution in [2.45, 2.75) is 0 Å². The molecule has 0 radical (unpaired) electrons. The molecular weight excluding hydrogens is 773 g/mol. The van der Waals surface area contributed by atoms with E-state index in [9.17, 15) is 0 Å². The first kappa shape index (κ1) is 35.2. The zero-order valence-electron chi connectivity index (χ0n) is 34.8. The second kappa shape index (κ2) is 13.5. The Hall–Kier alpha value is -8.46. The minimum absolute atomic E-state index is 1.14. The molecule has 0 saturated heterocycles. The number of nitrogens with zero attached hydrogens (tertiary/aromatic N) is 2. The van der Waals surface area contributed by atoms with Gasteiger partial charge in [-0.3, -0.25) is 0 Å². The third-order valence-electron chi connectivity index (χ3n) is 13.9. The lowest BCUT2D eigenvalue weighted by atomic mass is 9.93. The van der Waals surface area contributed by atoms with Crippen LogP contribution in [-0.4, -0.2) is 9.13 Å². The summed E-state index contributed by atoms with van der Waals surface area (Å²) in [4.78, 5) is 0. The van der Waals surface area contributed by atoms with E-state index >= 15 is 0 Å². The van der Waals surface area contributed by atoms with E-state index in [0.717, 1.165) is 5.69 Å². The zero-order valence-corrected chi connectivity index (χ0v) is 34.8. The van der Waals surface area contributed by atoms with E-state index < -0.39 is 0 Å². The van der Waals surface area contributed by atoms with Gasteiger partial charge in [0.25, 0.3) is 0 Å². The van der Waals surface area contributed by atoms with Gasteiger partial charge in [-0.25, -0.2) is 0 Å². The van der Waals surface area contributed by atoms with Crippen molar-refractivity contribution in [1.82, 2.24) is 9.13 Å². The van der Waals surface area contributed by atoms with Crippen LogP contribution in [0.3, 0.4) is 0 Å². The molecule has 1 aliphatic carbocycles.